The Labute approximate surface area is 196 Å². The summed E-state index contributed by atoms with van der Waals surface area (Å²) < 4.78 is 33.7. The Morgan fingerprint density at radius 2 is 1.67 bits per heavy atom. The predicted octanol–water partition coefficient (Wildman–Crippen LogP) is 3.02. The topological polar surface area (TPSA) is 87.7 Å². The first-order valence-electron chi connectivity index (χ1n) is 11.8. The third kappa shape index (κ3) is 6.56. The fraction of sp³-hybridized carbons (Fsp3) is 0.480. The molecule has 2 heterocycles. The van der Waals surface area contributed by atoms with Crippen molar-refractivity contribution in [2.75, 3.05) is 39.3 Å². The monoisotopic (exact) mass is 471 g/mol. The molecule has 2 N–H and O–H groups in total. The van der Waals surface area contributed by atoms with Gasteiger partial charge in [-0.05, 0) is 80.1 Å². The Morgan fingerprint density at radius 1 is 1.00 bits per heavy atom. The molecule has 0 aliphatic carbocycles. The van der Waals surface area contributed by atoms with Gasteiger partial charge in [-0.15, -0.1) is 0 Å². The van der Waals surface area contributed by atoms with Crippen LogP contribution < -0.4 is 14.8 Å². The first kappa shape index (κ1) is 23.7. The molecule has 2 aromatic carbocycles. The van der Waals surface area contributed by atoms with E-state index in [-0.39, 0.29) is 10.8 Å². The highest BCUT2D eigenvalue weighted by Crippen LogP contribution is 2.24. The SMILES string of the molecule is O=C1CCCN1CCCNS(=O)(=O)c1ccc(-c2ccc(OCC3CCNCC3)cc2)cc1. The second kappa shape index (κ2) is 11.1. The van der Waals surface area contributed by atoms with Gasteiger partial charge in [-0.1, -0.05) is 24.3 Å². The number of nitrogens with zero attached hydrogens (tertiary/aromatic N) is 1. The molecule has 2 aliphatic heterocycles. The number of ether oxygens (including phenoxy) is 1. The van der Waals surface area contributed by atoms with Crippen molar-refractivity contribution in [2.45, 2.75) is 37.0 Å². The molecule has 2 aromatic rings. The van der Waals surface area contributed by atoms with Crippen LogP contribution in [0.25, 0.3) is 11.1 Å². The molecule has 8 heteroatoms. The van der Waals surface area contributed by atoms with Crippen molar-refractivity contribution in [2.24, 2.45) is 5.92 Å². The van der Waals surface area contributed by atoms with Gasteiger partial charge in [-0.2, -0.15) is 0 Å². The predicted molar refractivity (Wildman–Crippen MR) is 129 cm³/mol. The first-order valence-corrected chi connectivity index (χ1v) is 13.3. The number of amides is 1. The Kier molecular flexibility index (Phi) is 8.01. The standard InChI is InChI=1S/C25H33N3O4S/c29-25-3-1-17-28(25)18-2-14-27-33(30,31)24-10-6-22(7-11-24)21-4-8-23(9-5-21)32-19-20-12-15-26-16-13-20/h4-11,20,26-27H,1-3,12-19H2. The van der Waals surface area contributed by atoms with E-state index in [1.54, 1.807) is 17.0 Å². The van der Waals surface area contributed by atoms with E-state index >= 15 is 0 Å². The summed E-state index contributed by atoms with van der Waals surface area (Å²) in [6, 6.07) is 14.8. The maximum Gasteiger partial charge on any atom is 0.240 e. The summed E-state index contributed by atoms with van der Waals surface area (Å²) in [7, 11) is -3.57. The van der Waals surface area contributed by atoms with Crippen molar-refractivity contribution in [1.29, 1.82) is 0 Å². The molecule has 2 aliphatic rings. The number of likely N-dealkylation sites (tertiary alicyclic amines) is 1. The second-order valence-electron chi connectivity index (χ2n) is 8.79. The van der Waals surface area contributed by atoms with Crippen LogP contribution >= 0.6 is 0 Å². The van der Waals surface area contributed by atoms with E-state index in [2.05, 4.69) is 10.0 Å². The van der Waals surface area contributed by atoms with E-state index in [0.29, 0.717) is 31.8 Å². The molecule has 33 heavy (non-hydrogen) atoms. The molecule has 7 nitrogen and oxygen atoms in total. The number of piperidine rings is 1. The lowest BCUT2D eigenvalue weighted by Gasteiger charge is -2.22. The van der Waals surface area contributed by atoms with Crippen LogP contribution in [0.1, 0.15) is 32.1 Å². The van der Waals surface area contributed by atoms with E-state index in [1.165, 1.54) is 0 Å². The molecule has 0 radical (unpaired) electrons. The molecule has 0 unspecified atom stereocenters. The fourth-order valence-electron chi connectivity index (χ4n) is 4.33. The molecule has 0 spiro atoms. The van der Waals surface area contributed by atoms with Crippen LogP contribution in [0.15, 0.2) is 53.4 Å². The van der Waals surface area contributed by atoms with E-state index in [9.17, 15) is 13.2 Å². The average Bonchev–Trinajstić information content (AvgIpc) is 3.26. The molecule has 178 valence electrons. The summed E-state index contributed by atoms with van der Waals surface area (Å²) in [6.45, 7) is 4.56. The molecule has 2 saturated heterocycles. The van der Waals surface area contributed by atoms with Crippen LogP contribution in [0.3, 0.4) is 0 Å². The number of carbonyl (C=O) groups is 1. The summed E-state index contributed by atoms with van der Waals surface area (Å²) in [6.07, 6.45) is 4.41. The van der Waals surface area contributed by atoms with Gasteiger partial charge < -0.3 is 15.0 Å². The maximum absolute atomic E-state index is 12.6. The summed E-state index contributed by atoms with van der Waals surface area (Å²) in [5.74, 6) is 1.63. The van der Waals surface area contributed by atoms with Crippen molar-refractivity contribution in [3.05, 3.63) is 48.5 Å². The van der Waals surface area contributed by atoms with Gasteiger partial charge in [0.1, 0.15) is 5.75 Å². The average molecular weight is 472 g/mol. The largest absolute Gasteiger partial charge is 0.493 e. The van der Waals surface area contributed by atoms with Crippen LogP contribution in [0.4, 0.5) is 0 Å². The minimum atomic E-state index is -3.57. The highest BCUT2D eigenvalue weighted by Gasteiger charge is 2.20. The molecule has 1 amide bonds. The third-order valence-corrected chi connectivity index (χ3v) is 7.84. The lowest BCUT2D eigenvalue weighted by atomic mass is 9.99. The van der Waals surface area contributed by atoms with Crippen LogP contribution in [-0.2, 0) is 14.8 Å². The Balaban J connectivity index is 1.27. The molecule has 4 rings (SSSR count). The number of hydrogen-bond donors (Lipinski definition) is 2. The van der Waals surface area contributed by atoms with E-state index in [1.807, 2.05) is 36.4 Å². The third-order valence-electron chi connectivity index (χ3n) is 6.36. The summed E-state index contributed by atoms with van der Waals surface area (Å²) in [5, 5.41) is 3.37. The molecule has 0 saturated carbocycles. The van der Waals surface area contributed by atoms with E-state index in [4.69, 9.17) is 4.74 Å². The van der Waals surface area contributed by atoms with Gasteiger partial charge >= 0.3 is 0 Å². The highest BCUT2D eigenvalue weighted by atomic mass is 32.2. The highest BCUT2D eigenvalue weighted by molar-refractivity contribution is 7.89. The van der Waals surface area contributed by atoms with Gasteiger partial charge in [0.15, 0.2) is 0 Å². The molecule has 0 aromatic heterocycles. The minimum absolute atomic E-state index is 0.162. The Bertz CT molecular complexity index is 1020. The quantitative estimate of drug-likeness (QED) is 0.520. The first-order chi connectivity index (χ1) is 16.0. The zero-order valence-corrected chi connectivity index (χ0v) is 19.8. The minimum Gasteiger partial charge on any atom is -0.493 e. The van der Waals surface area contributed by atoms with E-state index < -0.39 is 10.0 Å². The number of rotatable bonds is 10. The van der Waals surface area contributed by atoms with Crippen LogP contribution in [-0.4, -0.2) is 58.6 Å². The number of benzene rings is 2. The fourth-order valence-corrected chi connectivity index (χ4v) is 5.41. The smallest absolute Gasteiger partial charge is 0.240 e. The van der Waals surface area contributed by atoms with Gasteiger partial charge in [-0.25, -0.2) is 13.1 Å². The summed E-state index contributed by atoms with van der Waals surface area (Å²) >= 11 is 0. The molecule has 0 atom stereocenters. The van der Waals surface area contributed by atoms with Crippen molar-refractivity contribution in [3.63, 3.8) is 0 Å². The van der Waals surface area contributed by atoms with E-state index in [0.717, 1.165) is 62.4 Å². The molecule has 0 bridgehead atoms. The van der Waals surface area contributed by atoms with Gasteiger partial charge in [0, 0.05) is 26.1 Å². The second-order valence-corrected chi connectivity index (χ2v) is 10.6. The summed E-state index contributed by atoms with van der Waals surface area (Å²) in [5.41, 5.74) is 1.96. The van der Waals surface area contributed by atoms with Gasteiger partial charge in [0.25, 0.3) is 0 Å². The van der Waals surface area contributed by atoms with Crippen molar-refractivity contribution in [1.82, 2.24) is 14.9 Å². The van der Waals surface area contributed by atoms with Gasteiger partial charge in [-0.3, -0.25) is 4.79 Å². The van der Waals surface area contributed by atoms with Crippen molar-refractivity contribution < 1.29 is 17.9 Å². The molecule has 2 fully saturated rings. The summed E-state index contributed by atoms with van der Waals surface area (Å²) in [4.78, 5) is 13.7. The van der Waals surface area contributed by atoms with Crippen LogP contribution in [0, 0.1) is 5.92 Å². The number of sulfonamides is 1. The number of hydrogen-bond acceptors (Lipinski definition) is 5. The molecular formula is C25H33N3O4S. The number of carbonyl (C=O) groups excluding carboxylic acids is 1. The molecular weight excluding hydrogens is 438 g/mol. The lowest BCUT2D eigenvalue weighted by molar-refractivity contribution is -0.127. The Hall–Kier alpha value is -2.42. The van der Waals surface area contributed by atoms with Gasteiger partial charge in [0.2, 0.25) is 15.9 Å². The Morgan fingerprint density at radius 3 is 2.30 bits per heavy atom. The van der Waals surface area contributed by atoms with Gasteiger partial charge in [0.05, 0.1) is 11.5 Å². The zero-order valence-electron chi connectivity index (χ0n) is 19.0. The van der Waals surface area contributed by atoms with Crippen molar-refractivity contribution >= 4 is 15.9 Å². The zero-order chi connectivity index (χ0) is 23.1. The lowest BCUT2D eigenvalue weighted by Crippen LogP contribution is -2.30. The van der Waals surface area contributed by atoms with Crippen LogP contribution in [0.2, 0.25) is 0 Å². The maximum atomic E-state index is 12.6. The van der Waals surface area contributed by atoms with Crippen molar-refractivity contribution in [3.8, 4) is 16.9 Å². The van der Waals surface area contributed by atoms with Crippen LogP contribution in [0.5, 0.6) is 5.75 Å². The number of nitrogens with one attached hydrogen (secondary N) is 2. The normalized spacial score (nSPS) is 17.5.